The van der Waals surface area contributed by atoms with E-state index in [0.717, 1.165) is 17.0 Å². The van der Waals surface area contributed by atoms with Gasteiger partial charge in [-0.15, -0.1) is 0 Å². The molecule has 0 saturated heterocycles. The number of rotatable bonds is 3. The van der Waals surface area contributed by atoms with Crippen LogP contribution in [-0.2, 0) is 7.05 Å². The summed E-state index contributed by atoms with van der Waals surface area (Å²) < 4.78 is 7.60. The van der Waals surface area contributed by atoms with Crippen LogP contribution in [0.2, 0.25) is 0 Å². The van der Waals surface area contributed by atoms with Crippen molar-refractivity contribution < 1.29 is 4.74 Å². The van der Waals surface area contributed by atoms with E-state index in [-0.39, 0.29) is 0 Å². The molecule has 0 radical (unpaired) electrons. The van der Waals surface area contributed by atoms with Crippen molar-refractivity contribution in [1.82, 2.24) is 9.78 Å². The monoisotopic (exact) mass is 275 g/mol. The van der Waals surface area contributed by atoms with Gasteiger partial charge in [0.1, 0.15) is 10.7 Å². The summed E-state index contributed by atoms with van der Waals surface area (Å²) in [5.41, 5.74) is 9.47. The minimum atomic E-state index is 0.297. The van der Waals surface area contributed by atoms with Gasteiger partial charge < -0.3 is 10.5 Å². The van der Waals surface area contributed by atoms with Crippen LogP contribution in [0.25, 0.3) is 0 Å². The van der Waals surface area contributed by atoms with Crippen molar-refractivity contribution in [2.24, 2.45) is 12.8 Å². The summed E-state index contributed by atoms with van der Waals surface area (Å²) in [5, 5.41) is 4.30. The molecule has 1 heterocycles. The second kappa shape index (κ2) is 5.01. The molecule has 0 aliphatic rings. The topological polar surface area (TPSA) is 53.1 Å². The van der Waals surface area contributed by atoms with Crippen LogP contribution in [-0.4, -0.2) is 14.8 Å². The number of nitrogens with zero attached hydrogens (tertiary/aromatic N) is 2. The van der Waals surface area contributed by atoms with Gasteiger partial charge >= 0.3 is 0 Å². The molecule has 0 bridgehead atoms. The fraction of sp³-hybridized carbons (Fsp3) is 0.286. The summed E-state index contributed by atoms with van der Waals surface area (Å²) in [6.45, 7) is 5.92. The zero-order chi connectivity index (χ0) is 14.2. The molecule has 0 saturated carbocycles. The maximum Gasteiger partial charge on any atom is 0.228 e. The number of thiocarbonyl (C=S) groups is 1. The van der Waals surface area contributed by atoms with Crippen molar-refractivity contribution >= 4 is 17.2 Å². The third kappa shape index (κ3) is 2.61. The van der Waals surface area contributed by atoms with Crippen LogP contribution in [0.1, 0.15) is 22.4 Å². The molecule has 19 heavy (non-hydrogen) atoms. The fourth-order valence-corrected chi connectivity index (χ4v) is 2.29. The van der Waals surface area contributed by atoms with Crippen molar-refractivity contribution in [3.8, 4) is 11.6 Å². The number of hydrogen-bond acceptors (Lipinski definition) is 3. The zero-order valence-corrected chi connectivity index (χ0v) is 12.3. The standard InChI is InChI=1S/C14H17N3OS/c1-8-5-6-11(9(2)7-8)18-14-12(13(15)19)10(3)16-17(14)4/h5-7H,1-4H3,(H2,15,19). The number of ether oxygens (including phenoxy) is 1. The highest BCUT2D eigenvalue weighted by Gasteiger charge is 2.18. The molecule has 0 unspecified atom stereocenters. The van der Waals surface area contributed by atoms with Crippen molar-refractivity contribution in [1.29, 1.82) is 0 Å². The molecule has 1 aromatic carbocycles. The summed E-state index contributed by atoms with van der Waals surface area (Å²) >= 11 is 5.06. The Labute approximate surface area is 118 Å². The molecule has 0 amide bonds. The largest absolute Gasteiger partial charge is 0.438 e. The lowest BCUT2D eigenvalue weighted by Gasteiger charge is -2.11. The van der Waals surface area contributed by atoms with Crippen LogP contribution in [0.5, 0.6) is 11.6 Å². The molecule has 4 nitrogen and oxygen atoms in total. The van der Waals surface area contributed by atoms with Crippen LogP contribution < -0.4 is 10.5 Å². The van der Waals surface area contributed by atoms with E-state index in [1.54, 1.807) is 4.68 Å². The Balaban J connectivity index is 2.46. The van der Waals surface area contributed by atoms with E-state index < -0.39 is 0 Å². The van der Waals surface area contributed by atoms with Crippen molar-refractivity contribution in [3.05, 3.63) is 40.6 Å². The average Bonchev–Trinajstić information content (AvgIpc) is 2.57. The SMILES string of the molecule is Cc1ccc(Oc2c(C(N)=S)c(C)nn2C)c(C)c1. The number of hydrogen-bond donors (Lipinski definition) is 1. The Morgan fingerprint density at radius 1 is 1.32 bits per heavy atom. The highest BCUT2D eigenvalue weighted by atomic mass is 32.1. The lowest BCUT2D eigenvalue weighted by Crippen LogP contribution is -2.11. The Bertz CT molecular complexity index is 646. The van der Waals surface area contributed by atoms with Crippen LogP contribution >= 0.6 is 12.2 Å². The lowest BCUT2D eigenvalue weighted by molar-refractivity contribution is 0.427. The first-order valence-corrected chi connectivity index (χ1v) is 6.39. The number of nitrogens with two attached hydrogens (primary N) is 1. The Kier molecular flexibility index (Phi) is 3.57. The molecule has 2 rings (SSSR count). The molecule has 2 aromatic rings. The van der Waals surface area contributed by atoms with Gasteiger partial charge in [0.2, 0.25) is 5.88 Å². The molecular weight excluding hydrogens is 258 g/mol. The normalized spacial score (nSPS) is 10.5. The Morgan fingerprint density at radius 2 is 2.00 bits per heavy atom. The third-order valence-corrected chi connectivity index (χ3v) is 3.16. The van der Waals surface area contributed by atoms with E-state index in [9.17, 15) is 0 Å². The molecule has 100 valence electrons. The average molecular weight is 275 g/mol. The van der Waals surface area contributed by atoms with Crippen LogP contribution in [0.3, 0.4) is 0 Å². The van der Waals surface area contributed by atoms with E-state index in [0.29, 0.717) is 16.4 Å². The molecule has 0 spiro atoms. The van der Waals surface area contributed by atoms with Crippen LogP contribution in [0.4, 0.5) is 0 Å². The maximum atomic E-state index is 5.94. The summed E-state index contributed by atoms with van der Waals surface area (Å²) in [7, 11) is 1.81. The van der Waals surface area contributed by atoms with Crippen molar-refractivity contribution in [3.63, 3.8) is 0 Å². The predicted molar refractivity (Wildman–Crippen MR) is 79.8 cm³/mol. The van der Waals surface area contributed by atoms with Gasteiger partial charge in [-0.2, -0.15) is 5.10 Å². The van der Waals surface area contributed by atoms with Crippen molar-refractivity contribution in [2.45, 2.75) is 20.8 Å². The Hall–Kier alpha value is -1.88. The first kappa shape index (κ1) is 13.5. The number of aromatic nitrogens is 2. The van der Waals surface area contributed by atoms with E-state index in [2.05, 4.69) is 11.2 Å². The molecule has 0 fully saturated rings. The second-order valence-electron chi connectivity index (χ2n) is 4.62. The lowest BCUT2D eigenvalue weighted by atomic mass is 10.1. The van der Waals surface area contributed by atoms with Crippen molar-refractivity contribution in [2.75, 3.05) is 0 Å². The first-order chi connectivity index (χ1) is 8.90. The predicted octanol–water partition coefficient (Wildman–Crippen LogP) is 2.77. The second-order valence-corrected chi connectivity index (χ2v) is 5.06. The van der Waals surface area contributed by atoms with Gasteiger partial charge in [-0.3, -0.25) is 0 Å². The zero-order valence-electron chi connectivity index (χ0n) is 11.5. The quantitative estimate of drug-likeness (QED) is 0.875. The van der Waals surface area contributed by atoms with E-state index in [1.165, 1.54) is 5.56 Å². The summed E-state index contributed by atoms with van der Waals surface area (Å²) in [4.78, 5) is 0.297. The fourth-order valence-electron chi connectivity index (χ4n) is 2.06. The minimum absolute atomic E-state index is 0.297. The Morgan fingerprint density at radius 3 is 2.58 bits per heavy atom. The van der Waals surface area contributed by atoms with E-state index >= 15 is 0 Å². The van der Waals surface area contributed by atoms with Crippen LogP contribution in [0, 0.1) is 20.8 Å². The molecule has 0 aliphatic heterocycles. The molecule has 2 N–H and O–H groups in total. The van der Waals surface area contributed by atoms with Gasteiger partial charge in [0, 0.05) is 7.05 Å². The van der Waals surface area contributed by atoms with Gasteiger partial charge in [0.05, 0.1) is 11.3 Å². The minimum Gasteiger partial charge on any atom is -0.438 e. The molecule has 1 aromatic heterocycles. The molecule has 0 atom stereocenters. The molecule has 5 heteroatoms. The van der Waals surface area contributed by atoms with Gasteiger partial charge in [0.15, 0.2) is 0 Å². The highest BCUT2D eigenvalue weighted by molar-refractivity contribution is 7.80. The summed E-state index contributed by atoms with van der Waals surface area (Å²) in [6, 6.07) is 6.02. The summed E-state index contributed by atoms with van der Waals surface area (Å²) in [5.74, 6) is 1.36. The van der Waals surface area contributed by atoms with Gasteiger partial charge in [-0.25, -0.2) is 4.68 Å². The number of benzene rings is 1. The highest BCUT2D eigenvalue weighted by Crippen LogP contribution is 2.29. The van der Waals surface area contributed by atoms with Gasteiger partial charge in [-0.1, -0.05) is 29.9 Å². The summed E-state index contributed by atoms with van der Waals surface area (Å²) in [6.07, 6.45) is 0. The van der Waals surface area contributed by atoms with E-state index in [1.807, 2.05) is 40.0 Å². The molecular formula is C14H17N3OS. The van der Waals surface area contributed by atoms with E-state index in [4.69, 9.17) is 22.7 Å². The smallest absolute Gasteiger partial charge is 0.228 e. The van der Waals surface area contributed by atoms with Gasteiger partial charge in [-0.05, 0) is 32.4 Å². The maximum absolute atomic E-state index is 5.94. The van der Waals surface area contributed by atoms with Crippen LogP contribution in [0.15, 0.2) is 18.2 Å². The first-order valence-electron chi connectivity index (χ1n) is 5.98. The third-order valence-electron chi connectivity index (χ3n) is 2.95. The number of aryl methyl sites for hydroxylation is 4. The van der Waals surface area contributed by atoms with Gasteiger partial charge in [0.25, 0.3) is 0 Å². The molecule has 0 aliphatic carbocycles.